The number of ketones is 1. The zero-order valence-corrected chi connectivity index (χ0v) is 8.75. The fraction of sp³-hybridized carbons (Fsp3) is 0.900. The quantitative estimate of drug-likeness (QED) is 0.659. The van der Waals surface area contributed by atoms with Crippen LogP contribution in [-0.2, 0) is 9.53 Å². The van der Waals surface area contributed by atoms with Crippen LogP contribution in [0.4, 0.5) is 0 Å². The molecule has 1 fully saturated rings. The van der Waals surface area contributed by atoms with Crippen molar-refractivity contribution in [3.05, 3.63) is 0 Å². The van der Waals surface area contributed by atoms with Crippen molar-refractivity contribution in [2.45, 2.75) is 39.3 Å². The first-order chi connectivity index (χ1) is 6.13. The van der Waals surface area contributed by atoms with Gasteiger partial charge in [-0.05, 0) is 13.8 Å². The van der Waals surface area contributed by atoms with Crippen molar-refractivity contribution < 1.29 is 9.53 Å². The molecule has 0 saturated carbocycles. The molecule has 2 unspecified atom stereocenters. The Hall–Kier alpha value is -0.410. The van der Waals surface area contributed by atoms with Gasteiger partial charge in [-0.1, -0.05) is 6.92 Å². The predicted octanol–water partition coefficient (Wildman–Crippen LogP) is 1.07. The highest BCUT2D eigenvalue weighted by molar-refractivity contribution is 5.80. The van der Waals surface area contributed by atoms with Crippen LogP contribution in [0.2, 0.25) is 0 Å². The van der Waals surface area contributed by atoms with Gasteiger partial charge in [0.05, 0.1) is 19.3 Å². The van der Waals surface area contributed by atoms with Crippen molar-refractivity contribution in [2.24, 2.45) is 0 Å². The van der Waals surface area contributed by atoms with E-state index in [-0.39, 0.29) is 6.10 Å². The van der Waals surface area contributed by atoms with Gasteiger partial charge in [-0.25, -0.2) is 0 Å². The van der Waals surface area contributed by atoms with Gasteiger partial charge in [0.15, 0.2) is 0 Å². The van der Waals surface area contributed by atoms with Crippen molar-refractivity contribution in [1.82, 2.24) is 4.90 Å². The summed E-state index contributed by atoms with van der Waals surface area (Å²) in [7, 11) is 0. The van der Waals surface area contributed by atoms with E-state index >= 15 is 0 Å². The third-order valence-electron chi connectivity index (χ3n) is 2.51. The number of carbonyl (C=O) groups is 1. The molecule has 0 aromatic carbocycles. The second-order valence-corrected chi connectivity index (χ2v) is 3.81. The van der Waals surface area contributed by atoms with Crippen molar-refractivity contribution in [3.8, 4) is 0 Å². The fourth-order valence-corrected chi connectivity index (χ4v) is 1.53. The van der Waals surface area contributed by atoms with Gasteiger partial charge in [-0.2, -0.15) is 0 Å². The number of morpholine rings is 1. The molecule has 0 radical (unpaired) electrons. The first-order valence-electron chi connectivity index (χ1n) is 5.00. The smallest absolute Gasteiger partial charge is 0.146 e. The number of Topliss-reactive ketones (excluding diaryl/α,β-unsaturated/α-hetero) is 1. The summed E-state index contributed by atoms with van der Waals surface area (Å²) in [6.07, 6.45) is 0.902. The summed E-state index contributed by atoms with van der Waals surface area (Å²) in [5.41, 5.74) is 0. The number of carbonyl (C=O) groups excluding carboxylic acids is 1. The average Bonchev–Trinajstić information content (AvgIpc) is 2.11. The van der Waals surface area contributed by atoms with Gasteiger partial charge in [-0.15, -0.1) is 0 Å². The van der Waals surface area contributed by atoms with E-state index in [1.54, 1.807) is 0 Å². The van der Waals surface area contributed by atoms with Crippen LogP contribution in [0.25, 0.3) is 0 Å². The normalized spacial score (nSPS) is 30.4. The van der Waals surface area contributed by atoms with E-state index in [0.29, 0.717) is 24.8 Å². The minimum absolute atomic E-state index is 0.265. The molecule has 0 aromatic rings. The number of hydrogen-bond acceptors (Lipinski definition) is 3. The maximum absolute atomic E-state index is 11.2. The predicted molar refractivity (Wildman–Crippen MR) is 51.7 cm³/mol. The Labute approximate surface area is 80.1 Å². The molecule has 0 N–H and O–H groups in total. The molecule has 0 amide bonds. The lowest BCUT2D eigenvalue weighted by molar-refractivity contribution is -0.123. The lowest BCUT2D eigenvalue weighted by atomic mass is 10.2. The fourth-order valence-electron chi connectivity index (χ4n) is 1.53. The first kappa shape index (κ1) is 10.7. The van der Waals surface area contributed by atoms with Crippen LogP contribution >= 0.6 is 0 Å². The third-order valence-corrected chi connectivity index (χ3v) is 2.51. The van der Waals surface area contributed by atoms with E-state index in [2.05, 4.69) is 18.7 Å². The van der Waals surface area contributed by atoms with E-state index < -0.39 is 0 Å². The molecule has 2 atom stereocenters. The van der Waals surface area contributed by atoms with Crippen LogP contribution in [0.3, 0.4) is 0 Å². The van der Waals surface area contributed by atoms with E-state index in [1.807, 2.05) is 6.92 Å². The largest absolute Gasteiger partial charge is 0.376 e. The lowest BCUT2D eigenvalue weighted by Gasteiger charge is -2.36. The van der Waals surface area contributed by atoms with Crippen LogP contribution in [0, 0.1) is 0 Å². The first-order valence-corrected chi connectivity index (χ1v) is 5.00. The van der Waals surface area contributed by atoms with Gasteiger partial charge in [0, 0.05) is 19.0 Å². The van der Waals surface area contributed by atoms with E-state index in [1.165, 1.54) is 0 Å². The standard InChI is InChI=1S/C10H19NO2/c1-4-10(12)6-11-5-9(3)13-7-8(11)2/h8-9H,4-7H2,1-3H3. The molecule has 1 aliphatic rings. The summed E-state index contributed by atoms with van der Waals surface area (Å²) in [5, 5.41) is 0. The van der Waals surface area contributed by atoms with Gasteiger partial charge < -0.3 is 4.74 Å². The Bertz CT molecular complexity index is 182. The Balaban J connectivity index is 2.41. The zero-order chi connectivity index (χ0) is 9.84. The molecule has 0 aromatic heterocycles. The summed E-state index contributed by atoms with van der Waals surface area (Å²) >= 11 is 0. The van der Waals surface area contributed by atoms with Crippen LogP contribution in [0.1, 0.15) is 27.2 Å². The Kier molecular flexibility index (Phi) is 3.88. The second-order valence-electron chi connectivity index (χ2n) is 3.81. The highest BCUT2D eigenvalue weighted by Gasteiger charge is 2.24. The molecule has 3 nitrogen and oxygen atoms in total. The van der Waals surface area contributed by atoms with E-state index in [0.717, 1.165) is 13.2 Å². The summed E-state index contributed by atoms with van der Waals surface area (Å²) in [6.45, 7) is 8.29. The highest BCUT2D eigenvalue weighted by Crippen LogP contribution is 2.10. The van der Waals surface area contributed by atoms with Gasteiger partial charge in [-0.3, -0.25) is 9.69 Å². The molecular weight excluding hydrogens is 166 g/mol. The monoisotopic (exact) mass is 185 g/mol. The zero-order valence-electron chi connectivity index (χ0n) is 8.75. The second kappa shape index (κ2) is 4.72. The van der Waals surface area contributed by atoms with Crippen LogP contribution in [0.5, 0.6) is 0 Å². The molecular formula is C10H19NO2. The molecule has 1 saturated heterocycles. The topological polar surface area (TPSA) is 29.5 Å². The molecule has 3 heteroatoms. The van der Waals surface area contributed by atoms with Crippen LogP contribution < -0.4 is 0 Å². The number of nitrogens with zero attached hydrogens (tertiary/aromatic N) is 1. The lowest BCUT2D eigenvalue weighted by Crippen LogP contribution is -2.49. The minimum Gasteiger partial charge on any atom is -0.376 e. The van der Waals surface area contributed by atoms with Crippen molar-refractivity contribution in [2.75, 3.05) is 19.7 Å². The van der Waals surface area contributed by atoms with Gasteiger partial charge in [0.2, 0.25) is 0 Å². The van der Waals surface area contributed by atoms with Gasteiger partial charge >= 0.3 is 0 Å². The van der Waals surface area contributed by atoms with Crippen LogP contribution in [0.15, 0.2) is 0 Å². The Morgan fingerprint density at radius 3 is 2.85 bits per heavy atom. The Morgan fingerprint density at radius 1 is 1.54 bits per heavy atom. The molecule has 1 aliphatic heterocycles. The van der Waals surface area contributed by atoms with Crippen molar-refractivity contribution in [3.63, 3.8) is 0 Å². The number of hydrogen-bond donors (Lipinski definition) is 0. The van der Waals surface area contributed by atoms with Crippen molar-refractivity contribution >= 4 is 5.78 Å². The maximum atomic E-state index is 11.2. The van der Waals surface area contributed by atoms with Gasteiger partial charge in [0.25, 0.3) is 0 Å². The SMILES string of the molecule is CCC(=O)CN1CC(C)OCC1C. The molecule has 13 heavy (non-hydrogen) atoms. The number of ether oxygens (including phenoxy) is 1. The summed E-state index contributed by atoms with van der Waals surface area (Å²) in [5.74, 6) is 0.320. The minimum atomic E-state index is 0.265. The summed E-state index contributed by atoms with van der Waals surface area (Å²) in [4.78, 5) is 13.5. The molecule has 76 valence electrons. The average molecular weight is 185 g/mol. The van der Waals surface area contributed by atoms with E-state index in [9.17, 15) is 4.79 Å². The highest BCUT2D eigenvalue weighted by atomic mass is 16.5. The molecule has 1 heterocycles. The third kappa shape index (κ3) is 3.08. The maximum Gasteiger partial charge on any atom is 0.146 e. The molecule has 0 aliphatic carbocycles. The Morgan fingerprint density at radius 2 is 2.23 bits per heavy atom. The van der Waals surface area contributed by atoms with Crippen LogP contribution in [-0.4, -0.2) is 42.5 Å². The molecule has 0 spiro atoms. The summed E-state index contributed by atoms with van der Waals surface area (Å²) in [6, 6.07) is 0.381. The molecule has 0 bridgehead atoms. The van der Waals surface area contributed by atoms with Crippen molar-refractivity contribution in [1.29, 1.82) is 0 Å². The summed E-state index contributed by atoms with van der Waals surface area (Å²) < 4.78 is 5.48. The van der Waals surface area contributed by atoms with Gasteiger partial charge in [0.1, 0.15) is 5.78 Å². The van der Waals surface area contributed by atoms with E-state index in [4.69, 9.17) is 4.74 Å². The number of rotatable bonds is 3. The molecule has 1 rings (SSSR count).